The van der Waals surface area contributed by atoms with Crippen molar-refractivity contribution >= 4 is 29.0 Å². The fourth-order valence-electron chi connectivity index (χ4n) is 1.76. The Balaban J connectivity index is 2.18. The van der Waals surface area contributed by atoms with Crippen LogP contribution in [0.1, 0.15) is 5.56 Å². The summed E-state index contributed by atoms with van der Waals surface area (Å²) in [6, 6.07) is 9.07. The number of anilines is 1. The van der Waals surface area contributed by atoms with Crippen molar-refractivity contribution in [3.05, 3.63) is 46.1 Å². The van der Waals surface area contributed by atoms with Crippen molar-refractivity contribution in [1.29, 1.82) is 0 Å². The topological polar surface area (TPSA) is 43.4 Å². The molecular weight excluding hydrogens is 299 g/mol. The van der Waals surface area contributed by atoms with Crippen molar-refractivity contribution in [1.82, 2.24) is 4.98 Å². The fraction of sp³-hybridized carbons (Fsp3) is 0.214. The van der Waals surface area contributed by atoms with Gasteiger partial charge in [-0.25, -0.2) is 4.98 Å². The number of halogens is 2. The summed E-state index contributed by atoms with van der Waals surface area (Å²) in [6.07, 6.45) is 0. The number of methoxy groups -OCH3 is 2. The Morgan fingerprint density at radius 1 is 1.10 bits per heavy atom. The van der Waals surface area contributed by atoms with E-state index in [0.29, 0.717) is 34.0 Å². The molecule has 0 amide bonds. The van der Waals surface area contributed by atoms with Gasteiger partial charge in [0.1, 0.15) is 11.0 Å². The van der Waals surface area contributed by atoms with Gasteiger partial charge in [-0.2, -0.15) is 0 Å². The molecule has 4 nitrogen and oxygen atoms in total. The molecule has 0 aliphatic carbocycles. The molecule has 106 valence electrons. The van der Waals surface area contributed by atoms with E-state index in [0.717, 1.165) is 5.56 Å². The molecule has 0 radical (unpaired) electrons. The first-order valence-electron chi connectivity index (χ1n) is 5.91. The van der Waals surface area contributed by atoms with Crippen molar-refractivity contribution in [2.24, 2.45) is 0 Å². The van der Waals surface area contributed by atoms with Gasteiger partial charge in [-0.15, -0.1) is 0 Å². The van der Waals surface area contributed by atoms with Crippen LogP contribution in [0, 0.1) is 0 Å². The first-order valence-corrected chi connectivity index (χ1v) is 6.67. The van der Waals surface area contributed by atoms with Crippen molar-refractivity contribution < 1.29 is 9.47 Å². The number of rotatable bonds is 5. The first kappa shape index (κ1) is 14.8. The summed E-state index contributed by atoms with van der Waals surface area (Å²) in [5.41, 5.74) is 0.881. The number of pyridine rings is 1. The van der Waals surface area contributed by atoms with Crippen molar-refractivity contribution in [2.45, 2.75) is 6.54 Å². The minimum Gasteiger partial charge on any atom is -0.493 e. The highest BCUT2D eigenvalue weighted by Gasteiger charge is 2.12. The number of benzene rings is 1. The van der Waals surface area contributed by atoms with Crippen LogP contribution in [0.5, 0.6) is 11.5 Å². The van der Waals surface area contributed by atoms with Crippen LogP contribution in [0.3, 0.4) is 0 Å². The van der Waals surface area contributed by atoms with E-state index in [-0.39, 0.29) is 0 Å². The van der Waals surface area contributed by atoms with Crippen LogP contribution in [-0.4, -0.2) is 19.2 Å². The molecule has 1 aromatic carbocycles. The normalized spacial score (nSPS) is 10.2. The van der Waals surface area contributed by atoms with Crippen molar-refractivity contribution in [3.63, 3.8) is 0 Å². The van der Waals surface area contributed by atoms with E-state index >= 15 is 0 Å². The highest BCUT2D eigenvalue weighted by Crippen LogP contribution is 2.37. The molecule has 0 bridgehead atoms. The van der Waals surface area contributed by atoms with Crippen LogP contribution in [0.2, 0.25) is 10.2 Å². The van der Waals surface area contributed by atoms with Gasteiger partial charge in [-0.1, -0.05) is 35.3 Å². The lowest BCUT2D eigenvalue weighted by Crippen LogP contribution is -2.03. The lowest BCUT2D eigenvalue weighted by Gasteiger charge is -2.13. The van der Waals surface area contributed by atoms with Gasteiger partial charge in [0, 0.05) is 6.54 Å². The Morgan fingerprint density at radius 2 is 1.90 bits per heavy atom. The highest BCUT2D eigenvalue weighted by molar-refractivity contribution is 6.33. The van der Waals surface area contributed by atoms with Gasteiger partial charge in [-0.3, -0.25) is 0 Å². The molecular formula is C14H14Cl2N2O2. The maximum atomic E-state index is 6.30. The molecule has 2 aromatic rings. The molecule has 2 rings (SSSR count). The summed E-state index contributed by atoms with van der Waals surface area (Å²) in [5, 5.41) is 4.11. The van der Waals surface area contributed by atoms with E-state index in [4.69, 9.17) is 32.7 Å². The fourth-order valence-corrected chi connectivity index (χ4v) is 2.22. The summed E-state index contributed by atoms with van der Waals surface area (Å²) < 4.78 is 10.4. The monoisotopic (exact) mass is 312 g/mol. The third-order valence-corrected chi connectivity index (χ3v) is 3.36. The molecule has 0 atom stereocenters. The number of aromatic nitrogens is 1. The predicted octanol–water partition coefficient (Wildman–Crippen LogP) is 4.02. The summed E-state index contributed by atoms with van der Waals surface area (Å²) >= 11 is 12.1. The summed E-state index contributed by atoms with van der Waals surface area (Å²) in [4.78, 5) is 4.15. The molecule has 0 fully saturated rings. The second-order valence-electron chi connectivity index (χ2n) is 3.97. The average molecular weight is 313 g/mol. The molecule has 1 heterocycles. The van der Waals surface area contributed by atoms with Gasteiger partial charge in [0.05, 0.1) is 19.2 Å². The Labute approximate surface area is 127 Å². The lowest BCUT2D eigenvalue weighted by atomic mass is 10.2. The zero-order valence-corrected chi connectivity index (χ0v) is 12.6. The Hall–Kier alpha value is -1.65. The zero-order chi connectivity index (χ0) is 14.5. The minimum absolute atomic E-state index is 0.438. The molecule has 0 saturated carbocycles. The molecule has 1 aromatic heterocycles. The molecule has 0 spiro atoms. The number of nitrogens with one attached hydrogen (secondary N) is 1. The number of nitrogens with zero attached hydrogens (tertiary/aromatic N) is 1. The largest absolute Gasteiger partial charge is 0.493 e. The van der Waals surface area contributed by atoms with Gasteiger partial charge in [0.25, 0.3) is 0 Å². The van der Waals surface area contributed by atoms with Gasteiger partial charge in [0.2, 0.25) is 0 Å². The molecule has 0 unspecified atom stereocenters. The quantitative estimate of drug-likeness (QED) is 0.847. The Kier molecular flexibility index (Phi) is 4.93. The maximum Gasteiger partial charge on any atom is 0.179 e. The standard InChI is InChI=1S/C14H14Cl2N2O2/c1-19-10-7-6-9(13(16)14(10)20-2)8-17-12-5-3-4-11(15)18-12/h3-7H,8H2,1-2H3,(H,17,18). The van der Waals surface area contributed by atoms with Crippen molar-refractivity contribution in [2.75, 3.05) is 19.5 Å². The van der Waals surface area contributed by atoms with E-state index in [1.807, 2.05) is 24.3 Å². The molecule has 6 heteroatoms. The predicted molar refractivity (Wildman–Crippen MR) is 81.1 cm³/mol. The third-order valence-electron chi connectivity index (χ3n) is 2.74. The second kappa shape index (κ2) is 6.68. The number of hydrogen-bond donors (Lipinski definition) is 1. The summed E-state index contributed by atoms with van der Waals surface area (Å²) in [6.45, 7) is 0.506. The molecule has 1 N–H and O–H groups in total. The zero-order valence-electron chi connectivity index (χ0n) is 11.1. The molecule has 0 saturated heterocycles. The highest BCUT2D eigenvalue weighted by atomic mass is 35.5. The lowest BCUT2D eigenvalue weighted by molar-refractivity contribution is 0.355. The van der Waals surface area contributed by atoms with E-state index < -0.39 is 0 Å². The summed E-state index contributed by atoms with van der Waals surface area (Å²) in [5.74, 6) is 1.80. The van der Waals surface area contributed by atoms with Gasteiger partial charge in [-0.05, 0) is 23.8 Å². The van der Waals surface area contributed by atoms with Crippen molar-refractivity contribution in [3.8, 4) is 11.5 Å². The Bertz CT molecular complexity index is 606. The second-order valence-corrected chi connectivity index (χ2v) is 4.74. The van der Waals surface area contributed by atoms with Gasteiger partial charge >= 0.3 is 0 Å². The van der Waals surface area contributed by atoms with Crippen LogP contribution in [0.25, 0.3) is 0 Å². The van der Waals surface area contributed by atoms with Crippen LogP contribution >= 0.6 is 23.2 Å². The van der Waals surface area contributed by atoms with Crippen LogP contribution in [-0.2, 0) is 6.54 Å². The summed E-state index contributed by atoms with van der Waals surface area (Å²) in [7, 11) is 3.13. The SMILES string of the molecule is COc1ccc(CNc2cccc(Cl)n2)c(Cl)c1OC. The van der Waals surface area contributed by atoms with E-state index in [1.165, 1.54) is 0 Å². The molecule has 0 aliphatic rings. The number of ether oxygens (including phenoxy) is 2. The first-order chi connectivity index (χ1) is 9.65. The molecule has 0 aliphatic heterocycles. The van der Waals surface area contributed by atoms with E-state index in [9.17, 15) is 0 Å². The van der Waals surface area contributed by atoms with Gasteiger partial charge in [0.15, 0.2) is 11.5 Å². The van der Waals surface area contributed by atoms with E-state index in [1.54, 1.807) is 20.3 Å². The Morgan fingerprint density at radius 3 is 2.55 bits per heavy atom. The van der Waals surface area contributed by atoms with Gasteiger partial charge < -0.3 is 14.8 Å². The smallest absolute Gasteiger partial charge is 0.179 e. The maximum absolute atomic E-state index is 6.30. The van der Waals surface area contributed by atoms with Crippen LogP contribution in [0.4, 0.5) is 5.82 Å². The number of hydrogen-bond acceptors (Lipinski definition) is 4. The van der Waals surface area contributed by atoms with Crippen LogP contribution < -0.4 is 14.8 Å². The third kappa shape index (κ3) is 3.26. The average Bonchev–Trinajstić information content (AvgIpc) is 2.45. The van der Waals surface area contributed by atoms with E-state index in [2.05, 4.69) is 10.3 Å². The van der Waals surface area contributed by atoms with Crippen LogP contribution in [0.15, 0.2) is 30.3 Å². The molecule has 20 heavy (non-hydrogen) atoms. The minimum atomic E-state index is 0.438.